The molecule has 4 aromatic carbocycles. The Balaban J connectivity index is 1.39. The van der Waals surface area contributed by atoms with Crippen LogP contribution in [0.1, 0.15) is 33.2 Å². The minimum absolute atomic E-state index is 0.128. The van der Waals surface area contributed by atoms with E-state index < -0.39 is 21.9 Å². The molecule has 4 aromatic rings. The lowest BCUT2D eigenvalue weighted by Crippen LogP contribution is -2.18. The molecule has 0 atom stereocenters. The van der Waals surface area contributed by atoms with Crippen LogP contribution in [0.15, 0.2) is 112 Å². The molecule has 0 spiro atoms. The summed E-state index contributed by atoms with van der Waals surface area (Å²) in [5.41, 5.74) is 3.76. The molecule has 0 saturated heterocycles. The van der Waals surface area contributed by atoms with E-state index in [4.69, 9.17) is 9.47 Å². The van der Waals surface area contributed by atoms with Crippen LogP contribution in [0, 0.1) is 0 Å². The van der Waals surface area contributed by atoms with Gasteiger partial charge in [-0.25, -0.2) is 18.6 Å². The molecule has 204 valence electrons. The molecular weight excluding hydrogens is 598 g/mol. The van der Waals surface area contributed by atoms with Crippen molar-refractivity contribution in [1.29, 1.82) is 0 Å². The summed E-state index contributed by atoms with van der Waals surface area (Å²) in [6.07, 6.45) is 1.35. The highest BCUT2D eigenvalue weighted by atomic mass is 79.9. The minimum Gasteiger partial charge on any atom is -0.494 e. The number of ether oxygens (including phenoxy) is 2. The van der Waals surface area contributed by atoms with E-state index in [0.717, 1.165) is 4.47 Å². The Morgan fingerprint density at radius 3 is 2.25 bits per heavy atom. The van der Waals surface area contributed by atoms with Gasteiger partial charge in [0.2, 0.25) is 0 Å². The lowest BCUT2D eigenvalue weighted by Gasteiger charge is -2.09. The molecule has 2 N–H and O–H groups in total. The monoisotopic (exact) mass is 621 g/mol. The summed E-state index contributed by atoms with van der Waals surface area (Å²) in [4.78, 5) is 25.4. The Bertz CT molecular complexity index is 1630. The molecule has 40 heavy (non-hydrogen) atoms. The number of carbonyl (C=O) groups excluding carboxylic acids is 2. The molecule has 9 nitrogen and oxygen atoms in total. The topological polar surface area (TPSA) is 123 Å². The molecule has 0 bridgehead atoms. The van der Waals surface area contributed by atoms with Crippen LogP contribution < -0.4 is 19.6 Å². The third-order valence-electron chi connectivity index (χ3n) is 5.40. The van der Waals surface area contributed by atoms with Crippen LogP contribution in [0.5, 0.6) is 11.5 Å². The third-order valence-corrected chi connectivity index (χ3v) is 7.29. The zero-order chi connectivity index (χ0) is 28.5. The smallest absolute Gasteiger partial charge is 0.343 e. The summed E-state index contributed by atoms with van der Waals surface area (Å²) in [5.74, 6) is -0.187. The zero-order valence-corrected chi connectivity index (χ0v) is 23.6. The molecule has 0 aliphatic heterocycles. The van der Waals surface area contributed by atoms with E-state index in [-0.39, 0.29) is 16.2 Å². The van der Waals surface area contributed by atoms with Gasteiger partial charge in [-0.2, -0.15) is 5.10 Å². The fourth-order valence-corrected chi connectivity index (χ4v) is 4.91. The molecular formula is C29H24BrN3O6S. The van der Waals surface area contributed by atoms with Crippen LogP contribution in [0.3, 0.4) is 0 Å². The molecule has 0 radical (unpaired) electrons. The Kier molecular flexibility index (Phi) is 9.31. The van der Waals surface area contributed by atoms with Crippen LogP contribution in [0.4, 0.5) is 5.69 Å². The summed E-state index contributed by atoms with van der Waals surface area (Å²) in [5, 5.41) is 3.99. The van der Waals surface area contributed by atoms with Crippen molar-refractivity contribution in [2.24, 2.45) is 5.10 Å². The van der Waals surface area contributed by atoms with Gasteiger partial charge in [-0.3, -0.25) is 9.52 Å². The Morgan fingerprint density at radius 2 is 1.57 bits per heavy atom. The van der Waals surface area contributed by atoms with Gasteiger partial charge in [0.05, 0.1) is 23.3 Å². The predicted molar refractivity (Wildman–Crippen MR) is 155 cm³/mol. The highest BCUT2D eigenvalue weighted by Gasteiger charge is 2.15. The van der Waals surface area contributed by atoms with Crippen LogP contribution in [0.2, 0.25) is 0 Å². The maximum Gasteiger partial charge on any atom is 0.343 e. The van der Waals surface area contributed by atoms with Crippen LogP contribution in [-0.4, -0.2) is 33.1 Å². The number of nitrogens with zero attached hydrogens (tertiary/aromatic N) is 1. The van der Waals surface area contributed by atoms with Crippen molar-refractivity contribution in [2.45, 2.75) is 11.8 Å². The van der Waals surface area contributed by atoms with E-state index >= 15 is 0 Å². The number of anilines is 1. The van der Waals surface area contributed by atoms with Gasteiger partial charge in [0.25, 0.3) is 15.9 Å². The van der Waals surface area contributed by atoms with Crippen molar-refractivity contribution < 1.29 is 27.5 Å². The molecule has 0 aliphatic carbocycles. The van der Waals surface area contributed by atoms with E-state index in [0.29, 0.717) is 29.2 Å². The van der Waals surface area contributed by atoms with E-state index in [1.54, 1.807) is 60.7 Å². The molecule has 0 saturated carbocycles. The van der Waals surface area contributed by atoms with Gasteiger partial charge >= 0.3 is 5.97 Å². The number of halogens is 1. The number of carbonyl (C=O) groups is 2. The first kappa shape index (κ1) is 28.5. The summed E-state index contributed by atoms with van der Waals surface area (Å²) >= 11 is 3.38. The maximum absolute atomic E-state index is 12.7. The highest BCUT2D eigenvalue weighted by molar-refractivity contribution is 9.10. The first-order valence-electron chi connectivity index (χ1n) is 12.0. The van der Waals surface area contributed by atoms with Crippen molar-refractivity contribution in [3.8, 4) is 11.5 Å². The number of rotatable bonds is 10. The quantitative estimate of drug-likeness (QED) is 0.102. The number of hydrogen-bond donors (Lipinski definition) is 2. The third kappa shape index (κ3) is 7.55. The van der Waals surface area contributed by atoms with Gasteiger partial charge in [0, 0.05) is 21.3 Å². The van der Waals surface area contributed by atoms with Crippen LogP contribution >= 0.6 is 15.9 Å². The van der Waals surface area contributed by atoms with Gasteiger partial charge in [0.1, 0.15) is 11.5 Å². The summed E-state index contributed by atoms with van der Waals surface area (Å²) in [6, 6.07) is 25.4. The molecule has 11 heteroatoms. The molecule has 0 aromatic heterocycles. The first-order chi connectivity index (χ1) is 19.2. The van der Waals surface area contributed by atoms with Crippen molar-refractivity contribution >= 4 is 49.7 Å². The summed E-state index contributed by atoms with van der Waals surface area (Å²) < 4.78 is 39.1. The second-order valence-corrected chi connectivity index (χ2v) is 10.8. The fourth-order valence-electron chi connectivity index (χ4n) is 3.45. The number of sulfonamides is 1. The van der Waals surface area contributed by atoms with E-state index in [2.05, 4.69) is 31.2 Å². The minimum atomic E-state index is -3.75. The molecule has 4 rings (SSSR count). The Morgan fingerprint density at radius 1 is 0.900 bits per heavy atom. The van der Waals surface area contributed by atoms with Crippen LogP contribution in [0.25, 0.3) is 0 Å². The number of nitrogens with one attached hydrogen (secondary N) is 2. The lowest BCUT2D eigenvalue weighted by molar-refractivity contribution is 0.0734. The second-order valence-electron chi connectivity index (χ2n) is 8.22. The summed E-state index contributed by atoms with van der Waals surface area (Å²) in [6.45, 7) is 2.39. The lowest BCUT2D eigenvalue weighted by atomic mass is 10.2. The van der Waals surface area contributed by atoms with Crippen molar-refractivity contribution in [3.05, 3.63) is 118 Å². The first-order valence-corrected chi connectivity index (χ1v) is 14.3. The zero-order valence-electron chi connectivity index (χ0n) is 21.2. The number of benzene rings is 4. The van der Waals surface area contributed by atoms with Crippen LogP contribution in [-0.2, 0) is 10.0 Å². The number of hydrogen-bond acceptors (Lipinski definition) is 7. The standard InChI is InChI=1S/C29H24BrN3O6S/c1-2-38-25-15-10-21(11-16-25)29(35)39-27-17-12-23(30)18-22(27)19-31-32-28(34)20-8-13-24(14-9-20)33-40(36,37)26-6-4-3-5-7-26/h3-19,33H,2H2,1H3,(H,32,34)/b31-19+. The molecule has 1 amide bonds. The maximum atomic E-state index is 12.7. The van der Waals surface area contributed by atoms with Gasteiger partial charge in [-0.05, 0) is 85.8 Å². The van der Waals surface area contributed by atoms with Gasteiger partial charge in [-0.1, -0.05) is 34.1 Å². The summed E-state index contributed by atoms with van der Waals surface area (Å²) in [7, 11) is -3.75. The number of amides is 1. The number of hydrazone groups is 1. The van der Waals surface area contributed by atoms with E-state index in [1.807, 2.05) is 6.92 Å². The molecule has 0 unspecified atom stereocenters. The van der Waals surface area contributed by atoms with Crippen molar-refractivity contribution in [3.63, 3.8) is 0 Å². The fraction of sp³-hybridized carbons (Fsp3) is 0.0690. The number of esters is 1. The van der Waals surface area contributed by atoms with Gasteiger partial charge in [0.15, 0.2) is 0 Å². The highest BCUT2D eigenvalue weighted by Crippen LogP contribution is 2.23. The van der Waals surface area contributed by atoms with E-state index in [9.17, 15) is 18.0 Å². The SMILES string of the molecule is CCOc1ccc(C(=O)Oc2ccc(Br)cc2/C=N/NC(=O)c2ccc(NS(=O)(=O)c3ccccc3)cc2)cc1. The average Bonchev–Trinajstić information content (AvgIpc) is 2.95. The Labute approximate surface area is 240 Å². The van der Waals surface area contributed by atoms with Crippen molar-refractivity contribution in [1.82, 2.24) is 5.43 Å². The predicted octanol–water partition coefficient (Wildman–Crippen LogP) is 5.63. The van der Waals surface area contributed by atoms with Gasteiger partial charge in [-0.15, -0.1) is 0 Å². The van der Waals surface area contributed by atoms with Gasteiger partial charge < -0.3 is 9.47 Å². The largest absolute Gasteiger partial charge is 0.494 e. The van der Waals surface area contributed by atoms with Crippen molar-refractivity contribution in [2.75, 3.05) is 11.3 Å². The molecule has 0 heterocycles. The normalized spacial score (nSPS) is 11.2. The average molecular weight is 622 g/mol. The molecule has 0 aliphatic rings. The second kappa shape index (κ2) is 13.0. The Hall–Kier alpha value is -4.48. The molecule has 0 fully saturated rings. The van der Waals surface area contributed by atoms with E-state index in [1.165, 1.54) is 42.6 Å².